The monoisotopic (exact) mass is 297 g/mol. The molecule has 0 atom stereocenters. The molecule has 0 aliphatic carbocycles. The van der Waals surface area contributed by atoms with Crippen LogP contribution in [0.4, 0.5) is 4.39 Å². The molecule has 0 spiro atoms. The Kier molecular flexibility index (Phi) is 4.77. The molecule has 0 saturated heterocycles. The maximum absolute atomic E-state index is 12.7. The van der Waals surface area contributed by atoms with Gasteiger partial charge in [0.05, 0.1) is 16.3 Å². The van der Waals surface area contributed by atoms with Gasteiger partial charge in [-0.05, 0) is 35.4 Å². The van der Waals surface area contributed by atoms with E-state index in [1.807, 2.05) is 6.07 Å². The summed E-state index contributed by atoms with van der Waals surface area (Å²) in [6.07, 6.45) is 1.51. The van der Waals surface area contributed by atoms with E-state index < -0.39 is 0 Å². The molecule has 2 nitrogen and oxygen atoms in total. The summed E-state index contributed by atoms with van der Waals surface area (Å²) in [5.74, 6) is -0.283. The fraction of sp³-hybridized carbons (Fsp3) is 0.0714. The van der Waals surface area contributed by atoms with Gasteiger partial charge in [0.15, 0.2) is 0 Å². The van der Waals surface area contributed by atoms with Gasteiger partial charge < -0.3 is 4.84 Å². The quantitative estimate of drug-likeness (QED) is 0.593. The third kappa shape index (κ3) is 4.23. The van der Waals surface area contributed by atoms with Gasteiger partial charge in [-0.1, -0.05) is 46.6 Å². The summed E-state index contributed by atoms with van der Waals surface area (Å²) < 4.78 is 12.7. The highest BCUT2D eigenvalue weighted by Gasteiger charge is 1.99. The van der Waals surface area contributed by atoms with Crippen LogP contribution >= 0.6 is 23.2 Å². The zero-order valence-corrected chi connectivity index (χ0v) is 11.3. The van der Waals surface area contributed by atoms with Crippen molar-refractivity contribution in [2.24, 2.45) is 5.16 Å². The Morgan fingerprint density at radius 3 is 2.47 bits per heavy atom. The number of hydrogen-bond acceptors (Lipinski definition) is 2. The van der Waals surface area contributed by atoms with E-state index >= 15 is 0 Å². The first kappa shape index (κ1) is 13.8. The van der Waals surface area contributed by atoms with Crippen LogP contribution in [0.5, 0.6) is 0 Å². The number of halogens is 3. The predicted molar refractivity (Wildman–Crippen MR) is 75.2 cm³/mol. The van der Waals surface area contributed by atoms with Crippen molar-refractivity contribution >= 4 is 29.4 Å². The molecule has 0 aliphatic rings. The van der Waals surface area contributed by atoms with Crippen molar-refractivity contribution in [1.82, 2.24) is 0 Å². The Morgan fingerprint density at radius 1 is 1.05 bits per heavy atom. The van der Waals surface area contributed by atoms with E-state index in [4.69, 9.17) is 28.0 Å². The van der Waals surface area contributed by atoms with Gasteiger partial charge in [-0.3, -0.25) is 0 Å². The Morgan fingerprint density at radius 2 is 1.79 bits per heavy atom. The molecular weight excluding hydrogens is 288 g/mol. The van der Waals surface area contributed by atoms with Gasteiger partial charge in [0, 0.05) is 0 Å². The molecule has 0 heterocycles. The second-order valence-corrected chi connectivity index (χ2v) is 4.62. The Balaban J connectivity index is 1.89. The highest BCUT2D eigenvalue weighted by Crippen LogP contribution is 2.22. The summed E-state index contributed by atoms with van der Waals surface area (Å²) in [6.45, 7) is 0.286. The molecule has 0 amide bonds. The minimum atomic E-state index is -0.283. The largest absolute Gasteiger partial charge is 0.391 e. The Bertz CT molecular complexity index is 584. The van der Waals surface area contributed by atoms with Crippen LogP contribution in [0.1, 0.15) is 11.1 Å². The lowest BCUT2D eigenvalue weighted by Gasteiger charge is -2.01. The lowest BCUT2D eigenvalue weighted by molar-refractivity contribution is 0.132. The van der Waals surface area contributed by atoms with Gasteiger partial charge in [0.25, 0.3) is 0 Å². The van der Waals surface area contributed by atoms with E-state index in [1.165, 1.54) is 18.3 Å². The maximum atomic E-state index is 12.7. The smallest absolute Gasteiger partial charge is 0.142 e. The number of hydrogen-bond donors (Lipinski definition) is 0. The van der Waals surface area contributed by atoms with Gasteiger partial charge in [-0.15, -0.1) is 0 Å². The zero-order valence-electron chi connectivity index (χ0n) is 9.82. The minimum absolute atomic E-state index is 0.283. The van der Waals surface area contributed by atoms with Crippen LogP contribution in [-0.2, 0) is 11.4 Å². The van der Waals surface area contributed by atoms with Crippen LogP contribution in [0, 0.1) is 5.82 Å². The van der Waals surface area contributed by atoms with E-state index in [9.17, 15) is 4.39 Å². The van der Waals surface area contributed by atoms with E-state index in [0.717, 1.165) is 11.1 Å². The molecule has 0 radical (unpaired) electrons. The fourth-order valence-corrected chi connectivity index (χ4v) is 1.71. The first-order valence-corrected chi connectivity index (χ1v) is 6.25. The summed E-state index contributed by atoms with van der Waals surface area (Å²) in [7, 11) is 0. The lowest BCUT2D eigenvalue weighted by Crippen LogP contribution is -1.88. The van der Waals surface area contributed by atoms with Gasteiger partial charge in [-0.2, -0.15) is 0 Å². The van der Waals surface area contributed by atoms with E-state index in [-0.39, 0.29) is 12.4 Å². The number of benzene rings is 2. The summed E-state index contributed by atoms with van der Waals surface area (Å²) in [5.41, 5.74) is 1.63. The molecule has 0 unspecified atom stereocenters. The van der Waals surface area contributed by atoms with Gasteiger partial charge >= 0.3 is 0 Å². The van der Waals surface area contributed by atoms with E-state index in [0.29, 0.717) is 10.0 Å². The van der Waals surface area contributed by atoms with Crippen molar-refractivity contribution in [3.8, 4) is 0 Å². The molecule has 0 N–H and O–H groups in total. The van der Waals surface area contributed by atoms with Crippen molar-refractivity contribution in [1.29, 1.82) is 0 Å². The number of oxime groups is 1. The normalized spacial score (nSPS) is 10.9. The summed E-state index contributed by atoms with van der Waals surface area (Å²) in [6, 6.07) is 11.2. The summed E-state index contributed by atoms with van der Waals surface area (Å²) >= 11 is 11.7. The average molecular weight is 298 g/mol. The summed E-state index contributed by atoms with van der Waals surface area (Å²) in [5, 5.41) is 4.77. The zero-order chi connectivity index (χ0) is 13.7. The van der Waals surface area contributed by atoms with Gasteiger partial charge in [-0.25, -0.2) is 4.39 Å². The second kappa shape index (κ2) is 6.55. The minimum Gasteiger partial charge on any atom is -0.391 e. The van der Waals surface area contributed by atoms with Crippen LogP contribution in [0.15, 0.2) is 47.6 Å². The predicted octanol–water partition coefficient (Wildman–Crippen LogP) is 4.68. The molecule has 0 saturated carbocycles. The van der Waals surface area contributed by atoms with E-state index in [1.54, 1.807) is 24.3 Å². The average Bonchev–Trinajstić information content (AvgIpc) is 2.41. The molecule has 19 heavy (non-hydrogen) atoms. The van der Waals surface area contributed by atoms with Crippen molar-refractivity contribution in [3.63, 3.8) is 0 Å². The molecule has 5 heteroatoms. The van der Waals surface area contributed by atoms with E-state index in [2.05, 4.69) is 5.16 Å². The molecule has 98 valence electrons. The molecule has 0 bridgehead atoms. The Labute approximate surface area is 120 Å². The SMILES string of the molecule is Fc1ccc(C=NOCc2ccc(Cl)c(Cl)c2)cc1. The van der Waals surface area contributed by atoms with Crippen LogP contribution in [0.3, 0.4) is 0 Å². The van der Waals surface area contributed by atoms with Crippen molar-refractivity contribution in [3.05, 3.63) is 69.5 Å². The summed E-state index contributed by atoms with van der Waals surface area (Å²) in [4.78, 5) is 5.12. The maximum Gasteiger partial charge on any atom is 0.142 e. The second-order valence-electron chi connectivity index (χ2n) is 3.81. The Hall–Kier alpha value is -1.58. The first-order valence-electron chi connectivity index (χ1n) is 5.50. The number of nitrogens with zero attached hydrogens (tertiary/aromatic N) is 1. The third-order valence-corrected chi connectivity index (χ3v) is 3.10. The first-order chi connectivity index (χ1) is 9.15. The highest BCUT2D eigenvalue weighted by molar-refractivity contribution is 6.42. The van der Waals surface area contributed by atoms with Crippen LogP contribution in [0.25, 0.3) is 0 Å². The number of rotatable bonds is 4. The third-order valence-electron chi connectivity index (χ3n) is 2.36. The molecular formula is C14H10Cl2FNO. The molecule has 2 aromatic rings. The van der Waals surface area contributed by atoms with Crippen molar-refractivity contribution < 1.29 is 9.23 Å². The fourth-order valence-electron chi connectivity index (χ4n) is 1.39. The van der Waals surface area contributed by atoms with Crippen molar-refractivity contribution in [2.45, 2.75) is 6.61 Å². The van der Waals surface area contributed by atoms with Gasteiger partial charge in [0.1, 0.15) is 12.4 Å². The van der Waals surface area contributed by atoms with Crippen molar-refractivity contribution in [2.75, 3.05) is 0 Å². The molecule has 0 aliphatic heterocycles. The molecule has 2 aromatic carbocycles. The molecule has 0 fully saturated rings. The topological polar surface area (TPSA) is 21.6 Å². The van der Waals surface area contributed by atoms with Crippen LogP contribution in [0.2, 0.25) is 10.0 Å². The molecule has 2 rings (SSSR count). The van der Waals surface area contributed by atoms with Crippen LogP contribution in [-0.4, -0.2) is 6.21 Å². The standard InChI is InChI=1S/C14H10Cl2FNO/c15-13-6-3-11(7-14(13)16)9-19-18-8-10-1-4-12(17)5-2-10/h1-8H,9H2. The molecule has 0 aromatic heterocycles. The van der Waals surface area contributed by atoms with Gasteiger partial charge in [0.2, 0.25) is 0 Å². The van der Waals surface area contributed by atoms with Crippen LogP contribution < -0.4 is 0 Å². The lowest BCUT2D eigenvalue weighted by atomic mass is 10.2. The highest BCUT2D eigenvalue weighted by atomic mass is 35.5.